The quantitative estimate of drug-likeness (QED) is 0.701. The molecule has 142 valence electrons. The molecule has 0 bridgehead atoms. The van der Waals surface area contributed by atoms with Gasteiger partial charge in [-0.2, -0.15) is 0 Å². The van der Waals surface area contributed by atoms with Crippen molar-refractivity contribution in [1.29, 1.82) is 0 Å². The van der Waals surface area contributed by atoms with E-state index < -0.39 is 0 Å². The lowest BCUT2D eigenvalue weighted by atomic mass is 10.2. The van der Waals surface area contributed by atoms with Crippen molar-refractivity contribution in [3.63, 3.8) is 0 Å². The summed E-state index contributed by atoms with van der Waals surface area (Å²) in [4.78, 5) is 17.2. The minimum Gasteiger partial charge on any atom is -0.385 e. The molecule has 2 aromatic heterocycles. The fourth-order valence-corrected chi connectivity index (χ4v) is 3.56. The van der Waals surface area contributed by atoms with Crippen LogP contribution < -0.4 is 5.32 Å². The Bertz CT molecular complexity index is 771. The molecule has 2 heterocycles. The number of hydrogen-bond donors (Lipinski definition) is 1. The minimum atomic E-state index is 0.00170. The van der Waals surface area contributed by atoms with Crippen LogP contribution in [0, 0.1) is 20.8 Å². The number of aromatic nitrogens is 3. The molecule has 0 spiro atoms. The molecule has 1 aliphatic carbocycles. The van der Waals surface area contributed by atoms with Gasteiger partial charge in [-0.05, 0) is 46.1 Å². The number of methoxy groups -OCH3 is 1. The number of amides is 1. The van der Waals surface area contributed by atoms with Crippen molar-refractivity contribution < 1.29 is 9.53 Å². The summed E-state index contributed by atoms with van der Waals surface area (Å²) < 4.78 is 9.56. The van der Waals surface area contributed by atoms with Gasteiger partial charge >= 0.3 is 0 Å². The summed E-state index contributed by atoms with van der Waals surface area (Å²) in [6.45, 7) is 9.13. The van der Waals surface area contributed by atoms with E-state index in [2.05, 4.69) is 26.4 Å². The Kier molecular flexibility index (Phi) is 5.81. The van der Waals surface area contributed by atoms with Crippen molar-refractivity contribution in [3.8, 4) is 0 Å². The molecule has 6 heteroatoms. The van der Waals surface area contributed by atoms with Crippen LogP contribution in [0.25, 0.3) is 0 Å². The predicted molar refractivity (Wildman–Crippen MR) is 102 cm³/mol. The molecule has 1 amide bonds. The summed E-state index contributed by atoms with van der Waals surface area (Å²) in [7, 11) is 1.71. The normalized spacial score (nSPS) is 14.0. The lowest BCUT2D eigenvalue weighted by molar-refractivity contribution is 0.0951. The topological polar surface area (TPSA) is 61.1 Å². The average Bonchev–Trinajstić information content (AvgIpc) is 3.34. The first kappa shape index (κ1) is 18.7. The predicted octanol–water partition coefficient (Wildman–Crippen LogP) is 2.95. The summed E-state index contributed by atoms with van der Waals surface area (Å²) in [5.74, 6) is 1.79. The van der Waals surface area contributed by atoms with Crippen LogP contribution in [0.5, 0.6) is 0 Å². The number of ether oxygens (including phenoxy) is 1. The Morgan fingerprint density at radius 2 is 2.00 bits per heavy atom. The molecule has 6 nitrogen and oxygen atoms in total. The van der Waals surface area contributed by atoms with E-state index in [1.54, 1.807) is 7.11 Å². The molecule has 0 atom stereocenters. The molecule has 1 saturated carbocycles. The van der Waals surface area contributed by atoms with Gasteiger partial charge in [0.15, 0.2) is 0 Å². The molecule has 1 N–H and O–H groups in total. The number of rotatable bonds is 9. The summed E-state index contributed by atoms with van der Waals surface area (Å²) in [6.07, 6.45) is 5.34. The van der Waals surface area contributed by atoms with E-state index in [-0.39, 0.29) is 5.91 Å². The van der Waals surface area contributed by atoms with Crippen LogP contribution in [0.15, 0.2) is 12.3 Å². The first-order chi connectivity index (χ1) is 12.5. The van der Waals surface area contributed by atoms with Gasteiger partial charge in [0.25, 0.3) is 5.91 Å². The van der Waals surface area contributed by atoms with Gasteiger partial charge in [-0.15, -0.1) is 0 Å². The number of nitrogens with one attached hydrogen (secondary N) is 1. The van der Waals surface area contributed by atoms with Crippen LogP contribution in [-0.4, -0.2) is 40.3 Å². The number of aryl methyl sites for hydroxylation is 2. The maximum atomic E-state index is 12.6. The van der Waals surface area contributed by atoms with Gasteiger partial charge in [-0.1, -0.05) is 0 Å². The zero-order valence-corrected chi connectivity index (χ0v) is 16.3. The smallest absolute Gasteiger partial charge is 0.253 e. The first-order valence-electron chi connectivity index (χ1n) is 9.48. The Morgan fingerprint density at radius 1 is 1.23 bits per heavy atom. The Morgan fingerprint density at radius 3 is 2.69 bits per heavy atom. The second kappa shape index (κ2) is 8.08. The van der Waals surface area contributed by atoms with Crippen LogP contribution in [0.3, 0.4) is 0 Å². The molecule has 26 heavy (non-hydrogen) atoms. The second-order valence-corrected chi connectivity index (χ2v) is 7.22. The minimum absolute atomic E-state index is 0.00170. The van der Waals surface area contributed by atoms with Crippen LogP contribution in [-0.2, 0) is 17.8 Å². The number of carbonyl (C=O) groups is 1. The molecule has 3 rings (SSSR count). The average molecular weight is 358 g/mol. The molecule has 0 unspecified atom stereocenters. The molecule has 0 aliphatic heterocycles. The van der Waals surface area contributed by atoms with Crippen molar-refractivity contribution in [3.05, 3.63) is 40.7 Å². The molecule has 0 radical (unpaired) electrons. The second-order valence-electron chi connectivity index (χ2n) is 7.22. The third kappa shape index (κ3) is 4.01. The van der Waals surface area contributed by atoms with Crippen LogP contribution in [0.4, 0.5) is 0 Å². The number of imidazole rings is 1. The molecular formula is C20H30N4O2. The standard InChI is InChI=1S/C20H30N4O2/c1-14-12-18(16(3)23(14)9-5-11-26-4)20(25)21-8-10-24-15(2)13-22-19(24)17-6-7-17/h12-13,17H,5-11H2,1-4H3,(H,21,25). The van der Waals surface area contributed by atoms with Gasteiger partial charge < -0.3 is 19.2 Å². The van der Waals surface area contributed by atoms with Crippen molar-refractivity contribution in [1.82, 2.24) is 19.4 Å². The monoisotopic (exact) mass is 358 g/mol. The van der Waals surface area contributed by atoms with Gasteiger partial charge in [-0.3, -0.25) is 4.79 Å². The van der Waals surface area contributed by atoms with E-state index in [1.807, 2.05) is 26.1 Å². The maximum Gasteiger partial charge on any atom is 0.253 e. The third-order valence-corrected chi connectivity index (χ3v) is 5.20. The summed E-state index contributed by atoms with van der Waals surface area (Å²) >= 11 is 0. The highest BCUT2D eigenvalue weighted by Gasteiger charge is 2.28. The van der Waals surface area contributed by atoms with Crippen LogP contribution in [0.1, 0.15) is 58.4 Å². The van der Waals surface area contributed by atoms with E-state index in [4.69, 9.17) is 4.74 Å². The lowest BCUT2D eigenvalue weighted by Gasteiger charge is -2.11. The van der Waals surface area contributed by atoms with E-state index in [1.165, 1.54) is 18.7 Å². The summed E-state index contributed by atoms with van der Waals surface area (Å²) in [6, 6.07) is 1.98. The Hall–Kier alpha value is -2.08. The van der Waals surface area contributed by atoms with E-state index in [0.717, 1.165) is 48.8 Å². The first-order valence-corrected chi connectivity index (χ1v) is 9.48. The lowest BCUT2D eigenvalue weighted by Crippen LogP contribution is -2.28. The highest BCUT2D eigenvalue weighted by Crippen LogP contribution is 2.39. The van der Waals surface area contributed by atoms with Gasteiger partial charge in [0.05, 0.1) is 5.56 Å². The van der Waals surface area contributed by atoms with Gasteiger partial charge in [0, 0.05) is 62.5 Å². The van der Waals surface area contributed by atoms with Crippen molar-refractivity contribution in [2.45, 2.75) is 59.0 Å². The number of carbonyl (C=O) groups excluding carboxylic acids is 1. The van der Waals surface area contributed by atoms with Crippen molar-refractivity contribution >= 4 is 5.91 Å². The molecule has 1 aliphatic rings. The summed E-state index contributed by atoms with van der Waals surface area (Å²) in [5.41, 5.74) is 4.07. The molecular weight excluding hydrogens is 328 g/mol. The van der Waals surface area contributed by atoms with E-state index in [0.29, 0.717) is 12.5 Å². The molecule has 2 aromatic rings. The van der Waals surface area contributed by atoms with Crippen molar-refractivity contribution in [2.75, 3.05) is 20.3 Å². The van der Waals surface area contributed by atoms with Gasteiger partial charge in [-0.25, -0.2) is 4.98 Å². The number of nitrogens with zero attached hydrogens (tertiary/aromatic N) is 3. The fourth-order valence-electron chi connectivity index (χ4n) is 3.56. The Balaban J connectivity index is 1.58. The molecule has 1 fully saturated rings. The van der Waals surface area contributed by atoms with E-state index in [9.17, 15) is 4.79 Å². The van der Waals surface area contributed by atoms with Gasteiger partial charge in [0.1, 0.15) is 5.82 Å². The molecule has 0 saturated heterocycles. The van der Waals surface area contributed by atoms with Crippen LogP contribution in [0.2, 0.25) is 0 Å². The zero-order chi connectivity index (χ0) is 18.7. The summed E-state index contributed by atoms with van der Waals surface area (Å²) in [5, 5.41) is 3.07. The molecule has 0 aromatic carbocycles. The highest BCUT2D eigenvalue weighted by atomic mass is 16.5. The van der Waals surface area contributed by atoms with Crippen LogP contribution >= 0.6 is 0 Å². The maximum absolute atomic E-state index is 12.6. The Labute approximate surface area is 155 Å². The zero-order valence-electron chi connectivity index (χ0n) is 16.3. The van der Waals surface area contributed by atoms with Gasteiger partial charge in [0.2, 0.25) is 0 Å². The van der Waals surface area contributed by atoms with Crippen molar-refractivity contribution in [2.24, 2.45) is 0 Å². The van der Waals surface area contributed by atoms with E-state index >= 15 is 0 Å². The highest BCUT2D eigenvalue weighted by molar-refractivity contribution is 5.95. The fraction of sp³-hybridized carbons (Fsp3) is 0.600. The largest absolute Gasteiger partial charge is 0.385 e. The third-order valence-electron chi connectivity index (χ3n) is 5.20. The number of hydrogen-bond acceptors (Lipinski definition) is 3. The SMILES string of the molecule is COCCCn1c(C)cc(C(=O)NCCn2c(C)cnc2C2CC2)c1C.